The normalized spacial score (nSPS) is 10.6. The number of aryl methyl sites for hydroxylation is 1. The summed E-state index contributed by atoms with van der Waals surface area (Å²) in [6.45, 7) is 0. The fourth-order valence-electron chi connectivity index (χ4n) is 1.38. The summed E-state index contributed by atoms with van der Waals surface area (Å²) in [7, 11) is 1.66. The van der Waals surface area contributed by atoms with E-state index in [4.69, 9.17) is 5.73 Å². The van der Waals surface area contributed by atoms with Gasteiger partial charge in [-0.15, -0.1) is 0 Å². The number of nitrogen functional groups attached to an aromatic ring is 1. The Bertz CT molecular complexity index is 505. The van der Waals surface area contributed by atoms with E-state index in [9.17, 15) is 8.78 Å². The summed E-state index contributed by atoms with van der Waals surface area (Å²) in [6.07, 6.45) is 3.08. The van der Waals surface area contributed by atoms with E-state index < -0.39 is 11.6 Å². The molecule has 0 aliphatic heterocycles. The first-order valence-corrected chi connectivity index (χ1v) is 4.32. The third kappa shape index (κ3) is 1.45. The first-order valence-electron chi connectivity index (χ1n) is 4.32. The number of imidazole rings is 1. The van der Waals surface area contributed by atoms with Crippen molar-refractivity contribution in [3.05, 3.63) is 36.2 Å². The molecule has 0 amide bonds. The van der Waals surface area contributed by atoms with Gasteiger partial charge >= 0.3 is 0 Å². The summed E-state index contributed by atoms with van der Waals surface area (Å²) in [5, 5.41) is 0. The number of nitrogens with two attached hydrogens (primary N) is 1. The lowest BCUT2D eigenvalue weighted by atomic mass is 10.1. The van der Waals surface area contributed by atoms with E-state index in [1.54, 1.807) is 13.2 Å². The van der Waals surface area contributed by atoms with Gasteiger partial charge in [-0.3, -0.25) is 0 Å². The number of nitrogens with zero attached hydrogens (tertiary/aromatic N) is 2. The molecule has 0 aliphatic rings. The Morgan fingerprint density at radius 1 is 1.33 bits per heavy atom. The van der Waals surface area contributed by atoms with E-state index in [1.165, 1.54) is 16.8 Å². The van der Waals surface area contributed by atoms with Crippen LogP contribution in [0.15, 0.2) is 24.5 Å². The SMILES string of the molecule is Cn1ccnc1-c1c(F)ccc(N)c1F. The molecule has 0 fully saturated rings. The van der Waals surface area contributed by atoms with Gasteiger partial charge in [-0.25, -0.2) is 13.8 Å². The fourth-order valence-corrected chi connectivity index (χ4v) is 1.38. The van der Waals surface area contributed by atoms with Crippen molar-refractivity contribution in [2.45, 2.75) is 0 Å². The summed E-state index contributed by atoms with van der Waals surface area (Å²) in [4.78, 5) is 3.88. The van der Waals surface area contributed by atoms with E-state index >= 15 is 0 Å². The van der Waals surface area contributed by atoms with Crippen molar-refractivity contribution in [3.63, 3.8) is 0 Å². The van der Waals surface area contributed by atoms with Crippen LogP contribution in [-0.4, -0.2) is 9.55 Å². The molecule has 0 spiro atoms. The molecule has 78 valence electrons. The minimum Gasteiger partial charge on any atom is -0.396 e. The second-order valence-corrected chi connectivity index (χ2v) is 3.19. The number of hydrogen-bond acceptors (Lipinski definition) is 2. The maximum absolute atomic E-state index is 13.6. The minimum absolute atomic E-state index is 0.0885. The van der Waals surface area contributed by atoms with Crippen molar-refractivity contribution in [2.24, 2.45) is 7.05 Å². The summed E-state index contributed by atoms with van der Waals surface area (Å²) < 4.78 is 28.5. The fraction of sp³-hybridized carbons (Fsp3) is 0.100. The van der Waals surface area contributed by atoms with Crippen molar-refractivity contribution in [3.8, 4) is 11.4 Å². The third-order valence-corrected chi connectivity index (χ3v) is 2.17. The highest BCUT2D eigenvalue weighted by Gasteiger charge is 2.17. The number of rotatable bonds is 1. The Kier molecular flexibility index (Phi) is 2.15. The Labute approximate surface area is 85.2 Å². The van der Waals surface area contributed by atoms with Gasteiger partial charge in [0.1, 0.15) is 11.6 Å². The highest BCUT2D eigenvalue weighted by molar-refractivity contribution is 5.63. The molecule has 2 rings (SSSR count). The molecule has 0 radical (unpaired) electrons. The molecule has 0 bridgehead atoms. The van der Waals surface area contributed by atoms with Crippen LogP contribution in [0.4, 0.5) is 14.5 Å². The van der Waals surface area contributed by atoms with Crippen LogP contribution in [0.25, 0.3) is 11.4 Å². The molecule has 1 heterocycles. The van der Waals surface area contributed by atoms with Crippen LogP contribution in [0, 0.1) is 11.6 Å². The van der Waals surface area contributed by atoms with E-state index in [-0.39, 0.29) is 17.1 Å². The smallest absolute Gasteiger partial charge is 0.159 e. The minimum atomic E-state index is -0.774. The highest BCUT2D eigenvalue weighted by Crippen LogP contribution is 2.27. The molecule has 0 aliphatic carbocycles. The molecule has 1 aromatic carbocycles. The Morgan fingerprint density at radius 2 is 2.07 bits per heavy atom. The molecule has 2 N–H and O–H groups in total. The average molecular weight is 209 g/mol. The molecule has 5 heteroatoms. The molecule has 15 heavy (non-hydrogen) atoms. The van der Waals surface area contributed by atoms with Gasteiger partial charge in [-0.2, -0.15) is 0 Å². The molecule has 0 atom stereocenters. The molecule has 2 aromatic rings. The lowest BCUT2D eigenvalue weighted by molar-refractivity contribution is 0.589. The van der Waals surface area contributed by atoms with Crippen molar-refractivity contribution < 1.29 is 8.78 Å². The maximum atomic E-state index is 13.6. The quantitative estimate of drug-likeness (QED) is 0.729. The predicted octanol–water partition coefficient (Wildman–Crippen LogP) is 1.95. The second kappa shape index (κ2) is 3.34. The van der Waals surface area contributed by atoms with Gasteiger partial charge in [0.2, 0.25) is 0 Å². The zero-order chi connectivity index (χ0) is 11.0. The van der Waals surface area contributed by atoms with E-state index in [1.807, 2.05) is 0 Å². The largest absolute Gasteiger partial charge is 0.396 e. The first-order chi connectivity index (χ1) is 7.11. The number of hydrogen-bond donors (Lipinski definition) is 1. The Morgan fingerprint density at radius 3 is 2.67 bits per heavy atom. The molecule has 1 aromatic heterocycles. The van der Waals surface area contributed by atoms with Crippen LogP contribution >= 0.6 is 0 Å². The number of anilines is 1. The van der Waals surface area contributed by atoms with Crippen molar-refractivity contribution in [1.82, 2.24) is 9.55 Å². The molecular weight excluding hydrogens is 200 g/mol. The van der Waals surface area contributed by atoms with Crippen LogP contribution in [0.2, 0.25) is 0 Å². The van der Waals surface area contributed by atoms with Gasteiger partial charge in [-0.1, -0.05) is 0 Å². The average Bonchev–Trinajstić information content (AvgIpc) is 2.60. The first kappa shape index (κ1) is 9.64. The predicted molar refractivity (Wildman–Crippen MR) is 53.0 cm³/mol. The Balaban J connectivity index is 2.72. The summed E-state index contributed by atoms with van der Waals surface area (Å²) in [6, 6.07) is 2.32. The van der Waals surface area contributed by atoms with Gasteiger partial charge in [0, 0.05) is 19.4 Å². The molecule has 0 saturated heterocycles. The van der Waals surface area contributed by atoms with Crippen LogP contribution in [-0.2, 0) is 7.05 Å². The van der Waals surface area contributed by atoms with Gasteiger partial charge < -0.3 is 10.3 Å². The summed E-state index contributed by atoms with van der Waals surface area (Å²) in [5.74, 6) is -1.22. The van der Waals surface area contributed by atoms with E-state index in [0.29, 0.717) is 0 Å². The standard InChI is InChI=1S/C10H9F2N3/c1-15-5-4-14-10(15)8-6(11)2-3-7(13)9(8)12/h2-5H,13H2,1H3. The molecule has 0 saturated carbocycles. The Hall–Kier alpha value is -1.91. The zero-order valence-electron chi connectivity index (χ0n) is 8.04. The molecular formula is C10H9F2N3. The van der Waals surface area contributed by atoms with Gasteiger partial charge in [0.15, 0.2) is 5.82 Å². The van der Waals surface area contributed by atoms with Gasteiger partial charge in [-0.05, 0) is 12.1 Å². The lowest BCUT2D eigenvalue weighted by Gasteiger charge is -2.06. The van der Waals surface area contributed by atoms with Gasteiger partial charge in [0.25, 0.3) is 0 Å². The summed E-state index contributed by atoms with van der Waals surface area (Å²) >= 11 is 0. The van der Waals surface area contributed by atoms with Crippen LogP contribution < -0.4 is 5.73 Å². The van der Waals surface area contributed by atoms with E-state index in [2.05, 4.69) is 4.98 Å². The third-order valence-electron chi connectivity index (χ3n) is 2.17. The van der Waals surface area contributed by atoms with E-state index in [0.717, 1.165) is 6.07 Å². The van der Waals surface area contributed by atoms with Crippen molar-refractivity contribution in [1.29, 1.82) is 0 Å². The van der Waals surface area contributed by atoms with Crippen molar-refractivity contribution >= 4 is 5.69 Å². The topological polar surface area (TPSA) is 43.8 Å². The van der Waals surface area contributed by atoms with Crippen LogP contribution in [0.5, 0.6) is 0 Å². The highest BCUT2D eigenvalue weighted by atomic mass is 19.1. The van der Waals surface area contributed by atoms with Crippen molar-refractivity contribution in [2.75, 3.05) is 5.73 Å². The zero-order valence-corrected chi connectivity index (χ0v) is 8.04. The molecule has 3 nitrogen and oxygen atoms in total. The monoisotopic (exact) mass is 209 g/mol. The van der Waals surface area contributed by atoms with Crippen LogP contribution in [0.3, 0.4) is 0 Å². The number of benzene rings is 1. The lowest BCUT2D eigenvalue weighted by Crippen LogP contribution is -2.01. The van der Waals surface area contributed by atoms with Crippen LogP contribution in [0.1, 0.15) is 0 Å². The maximum Gasteiger partial charge on any atom is 0.159 e. The molecule has 0 unspecified atom stereocenters. The summed E-state index contributed by atoms with van der Waals surface area (Å²) in [5.41, 5.74) is 5.09. The van der Waals surface area contributed by atoms with Gasteiger partial charge in [0.05, 0.1) is 11.3 Å². The second-order valence-electron chi connectivity index (χ2n) is 3.19. The number of aromatic nitrogens is 2. The number of halogens is 2.